The summed E-state index contributed by atoms with van der Waals surface area (Å²) in [5, 5.41) is 6.67. The zero-order valence-corrected chi connectivity index (χ0v) is 18.0. The van der Waals surface area contributed by atoms with Gasteiger partial charge in [0.05, 0.1) is 19.4 Å². The zero-order valence-electron chi connectivity index (χ0n) is 18.0. The van der Waals surface area contributed by atoms with E-state index in [1.165, 1.54) is 16.7 Å². The summed E-state index contributed by atoms with van der Waals surface area (Å²) in [6, 6.07) is 16.6. The summed E-state index contributed by atoms with van der Waals surface area (Å²) in [4.78, 5) is 8.79. The second-order valence-electron chi connectivity index (χ2n) is 7.37. The maximum absolute atomic E-state index is 5.99. The van der Waals surface area contributed by atoms with E-state index in [0.29, 0.717) is 13.1 Å². The topological polar surface area (TPSA) is 63.5 Å². The van der Waals surface area contributed by atoms with Crippen molar-refractivity contribution in [2.45, 2.75) is 40.0 Å². The van der Waals surface area contributed by atoms with Crippen molar-refractivity contribution in [3.8, 4) is 5.75 Å². The van der Waals surface area contributed by atoms with Crippen LogP contribution in [0.4, 0.5) is 0 Å². The lowest BCUT2D eigenvalue weighted by Crippen LogP contribution is -2.41. The van der Waals surface area contributed by atoms with E-state index >= 15 is 0 Å². The van der Waals surface area contributed by atoms with Gasteiger partial charge in [-0.15, -0.1) is 0 Å². The minimum absolute atomic E-state index is 0.0260. The number of hydrogen-bond acceptors (Lipinski definition) is 3. The fraction of sp³-hybridized carbons (Fsp3) is 0.333. The molecule has 0 aliphatic carbocycles. The maximum Gasteiger partial charge on any atom is 0.191 e. The highest BCUT2D eigenvalue weighted by molar-refractivity contribution is 5.79. The smallest absolute Gasteiger partial charge is 0.191 e. The molecular weight excluding hydrogens is 374 g/mol. The van der Waals surface area contributed by atoms with E-state index < -0.39 is 0 Å². The van der Waals surface area contributed by atoms with Gasteiger partial charge >= 0.3 is 0 Å². The van der Waals surface area contributed by atoms with Crippen LogP contribution in [-0.2, 0) is 13.1 Å². The lowest BCUT2D eigenvalue weighted by atomic mass is 10.1. The number of guanidine groups is 1. The molecule has 1 unspecified atom stereocenters. The van der Waals surface area contributed by atoms with Crippen LogP contribution in [-0.4, -0.2) is 34.7 Å². The van der Waals surface area contributed by atoms with Crippen molar-refractivity contribution < 1.29 is 4.74 Å². The molecule has 0 fully saturated rings. The molecule has 0 spiro atoms. The molecule has 0 amide bonds. The van der Waals surface area contributed by atoms with Crippen LogP contribution in [0.3, 0.4) is 0 Å². The summed E-state index contributed by atoms with van der Waals surface area (Å²) in [6.07, 6.45) is 5.62. The minimum atomic E-state index is 0.0260. The Morgan fingerprint density at radius 1 is 1.13 bits per heavy atom. The highest BCUT2D eigenvalue weighted by atomic mass is 16.5. The van der Waals surface area contributed by atoms with Gasteiger partial charge in [0.15, 0.2) is 5.96 Å². The largest absolute Gasteiger partial charge is 0.489 e. The monoisotopic (exact) mass is 405 g/mol. The lowest BCUT2D eigenvalue weighted by Gasteiger charge is -2.18. The average molecular weight is 406 g/mol. The molecule has 1 heterocycles. The van der Waals surface area contributed by atoms with E-state index in [1.54, 1.807) is 6.20 Å². The molecule has 6 nitrogen and oxygen atoms in total. The van der Waals surface area contributed by atoms with Gasteiger partial charge in [-0.3, -0.25) is 0 Å². The van der Waals surface area contributed by atoms with Crippen molar-refractivity contribution in [2.24, 2.45) is 4.99 Å². The molecule has 2 aromatic carbocycles. The van der Waals surface area contributed by atoms with Crippen molar-refractivity contribution in [3.63, 3.8) is 0 Å². The van der Waals surface area contributed by atoms with Crippen LogP contribution in [0.2, 0.25) is 0 Å². The summed E-state index contributed by atoms with van der Waals surface area (Å²) in [6.45, 7) is 9.11. The van der Waals surface area contributed by atoms with Gasteiger partial charge in [-0.25, -0.2) is 9.98 Å². The van der Waals surface area contributed by atoms with E-state index in [9.17, 15) is 0 Å². The molecule has 1 aromatic heterocycles. The number of aromatic nitrogens is 2. The first kappa shape index (κ1) is 21.4. The van der Waals surface area contributed by atoms with Crippen LogP contribution in [0, 0.1) is 6.92 Å². The number of aliphatic imine (C=N–C) groups is 1. The molecule has 3 rings (SSSR count). The Labute approximate surface area is 179 Å². The summed E-state index contributed by atoms with van der Waals surface area (Å²) < 4.78 is 8.05. The van der Waals surface area contributed by atoms with E-state index in [1.807, 2.05) is 30.7 Å². The SMILES string of the molecule is CCNC(=NCc1ccc(Cn2ccnc2)cc1)NCC(C)Oc1cccc(C)c1. The highest BCUT2D eigenvalue weighted by Gasteiger charge is 2.06. The quantitative estimate of drug-likeness (QED) is 0.420. The third kappa shape index (κ3) is 6.95. The lowest BCUT2D eigenvalue weighted by molar-refractivity contribution is 0.223. The van der Waals surface area contributed by atoms with Gasteiger partial charge in [0.1, 0.15) is 11.9 Å². The second-order valence-corrected chi connectivity index (χ2v) is 7.37. The number of ether oxygens (including phenoxy) is 1. The van der Waals surface area contributed by atoms with Gasteiger partial charge in [0.2, 0.25) is 0 Å². The molecule has 0 radical (unpaired) electrons. The third-order valence-electron chi connectivity index (χ3n) is 4.60. The zero-order chi connectivity index (χ0) is 21.2. The predicted octanol–water partition coefficient (Wildman–Crippen LogP) is 3.76. The Hall–Kier alpha value is -3.28. The second kappa shape index (κ2) is 11.0. The summed E-state index contributed by atoms with van der Waals surface area (Å²) in [5.41, 5.74) is 3.61. The molecule has 6 heteroatoms. The maximum atomic E-state index is 5.99. The van der Waals surface area contributed by atoms with Crippen LogP contribution < -0.4 is 15.4 Å². The van der Waals surface area contributed by atoms with Crippen molar-refractivity contribution in [1.82, 2.24) is 20.2 Å². The molecule has 0 bridgehead atoms. The molecule has 0 aliphatic heterocycles. The van der Waals surface area contributed by atoms with Crippen molar-refractivity contribution in [2.75, 3.05) is 13.1 Å². The molecule has 0 saturated heterocycles. The van der Waals surface area contributed by atoms with Gasteiger partial charge in [0, 0.05) is 25.5 Å². The van der Waals surface area contributed by atoms with Crippen LogP contribution in [0.25, 0.3) is 0 Å². The Morgan fingerprint density at radius 2 is 1.93 bits per heavy atom. The Bertz CT molecular complexity index is 919. The summed E-state index contributed by atoms with van der Waals surface area (Å²) >= 11 is 0. The molecule has 3 aromatic rings. The first-order valence-corrected chi connectivity index (χ1v) is 10.4. The molecular formula is C24H31N5O. The number of nitrogens with one attached hydrogen (secondary N) is 2. The van der Waals surface area contributed by atoms with E-state index in [4.69, 9.17) is 9.73 Å². The summed E-state index contributed by atoms with van der Waals surface area (Å²) in [7, 11) is 0. The Balaban J connectivity index is 1.50. The molecule has 30 heavy (non-hydrogen) atoms. The summed E-state index contributed by atoms with van der Waals surface area (Å²) in [5.74, 6) is 1.68. The molecule has 0 saturated carbocycles. The number of benzene rings is 2. The Kier molecular flexibility index (Phi) is 7.89. The fourth-order valence-corrected chi connectivity index (χ4v) is 3.06. The van der Waals surface area contributed by atoms with Gasteiger partial charge < -0.3 is 19.9 Å². The average Bonchev–Trinajstić information content (AvgIpc) is 3.24. The Morgan fingerprint density at radius 3 is 2.63 bits per heavy atom. The fourth-order valence-electron chi connectivity index (χ4n) is 3.06. The standard InChI is InChI=1S/C24H31N5O/c1-4-26-24(27-15-20(3)30-23-7-5-6-19(2)14-23)28-16-21-8-10-22(11-9-21)17-29-13-12-25-18-29/h5-14,18,20H,4,15-17H2,1-3H3,(H2,26,27,28). The van der Waals surface area contributed by atoms with E-state index in [0.717, 1.165) is 24.8 Å². The normalized spacial score (nSPS) is 12.4. The van der Waals surface area contributed by atoms with Gasteiger partial charge in [0.25, 0.3) is 0 Å². The van der Waals surface area contributed by atoms with Crippen LogP contribution >= 0.6 is 0 Å². The number of rotatable bonds is 9. The molecule has 0 aliphatic rings. The van der Waals surface area contributed by atoms with Gasteiger partial charge in [-0.05, 0) is 49.6 Å². The van der Waals surface area contributed by atoms with Gasteiger partial charge in [-0.1, -0.05) is 36.4 Å². The molecule has 2 N–H and O–H groups in total. The minimum Gasteiger partial charge on any atom is -0.489 e. The number of nitrogens with zero attached hydrogens (tertiary/aromatic N) is 3. The predicted molar refractivity (Wildman–Crippen MR) is 122 cm³/mol. The number of imidazole rings is 1. The third-order valence-corrected chi connectivity index (χ3v) is 4.60. The first-order chi connectivity index (χ1) is 14.6. The highest BCUT2D eigenvalue weighted by Crippen LogP contribution is 2.14. The van der Waals surface area contributed by atoms with E-state index in [-0.39, 0.29) is 6.10 Å². The number of hydrogen-bond donors (Lipinski definition) is 2. The van der Waals surface area contributed by atoms with Crippen LogP contribution in [0.15, 0.2) is 72.2 Å². The molecule has 158 valence electrons. The van der Waals surface area contributed by atoms with E-state index in [2.05, 4.69) is 71.3 Å². The van der Waals surface area contributed by atoms with Crippen molar-refractivity contribution in [1.29, 1.82) is 0 Å². The van der Waals surface area contributed by atoms with Gasteiger partial charge in [-0.2, -0.15) is 0 Å². The first-order valence-electron chi connectivity index (χ1n) is 10.4. The van der Waals surface area contributed by atoms with Crippen LogP contribution in [0.1, 0.15) is 30.5 Å². The van der Waals surface area contributed by atoms with Crippen LogP contribution in [0.5, 0.6) is 5.75 Å². The van der Waals surface area contributed by atoms with Crippen molar-refractivity contribution >= 4 is 5.96 Å². The molecule has 1 atom stereocenters. The number of aryl methyl sites for hydroxylation is 1. The van der Waals surface area contributed by atoms with Crippen molar-refractivity contribution in [3.05, 3.63) is 83.9 Å².